The number of rotatable bonds is 0. The first-order valence-electron chi connectivity index (χ1n) is 4.62. The molecule has 0 aliphatic carbocycles. The minimum Gasteiger partial charge on any atom is -0.0623 e. The minimum absolute atomic E-state index is 0. The quantitative estimate of drug-likeness (QED) is 0.443. The van der Waals surface area contributed by atoms with Crippen LogP contribution in [0, 0.1) is 0 Å². The van der Waals surface area contributed by atoms with Crippen molar-refractivity contribution in [3.8, 4) is 0 Å². The third kappa shape index (κ3) is 193. The molecule has 0 saturated heterocycles. The summed E-state index contributed by atoms with van der Waals surface area (Å²) in [6.45, 7) is 0. The molecule has 22 heavy (non-hydrogen) atoms. The molecule has 0 heterocycles. The number of hydrogen-bond acceptors (Lipinski definition) is 0. The third-order valence-corrected chi connectivity index (χ3v) is 0.667. The summed E-state index contributed by atoms with van der Waals surface area (Å²) in [5.41, 5.74) is 0. The molecule has 0 spiro atoms. The normalized spacial score (nSPS) is 10.4. The van der Waals surface area contributed by atoms with E-state index in [9.17, 15) is 51.8 Å². The van der Waals surface area contributed by atoms with Gasteiger partial charge in [-0.1, -0.05) is 36.4 Å². The molecule has 16 heteroatoms. The van der Waals surface area contributed by atoms with Crippen molar-refractivity contribution in [1.29, 1.82) is 0 Å². The Balaban J connectivity index is -0.0000000973. The molecular weight excluding hydrogens is 372 g/mol. The van der Waals surface area contributed by atoms with Crippen LogP contribution in [-0.4, -0.2) is 73.1 Å². The standard InChI is InChI=1S/C6H6.3BF4.K.H/c1-2-4-6-5-3-1;3*2-1(3,4)5;;/h1-6H;;;;;/q;3*-1;;. The maximum Gasteiger partial charge on any atom is -0.0623 e. The van der Waals surface area contributed by atoms with E-state index in [4.69, 9.17) is 0 Å². The van der Waals surface area contributed by atoms with Gasteiger partial charge in [0.2, 0.25) is 0 Å². The maximum absolute atomic E-state index is 9.75. The van der Waals surface area contributed by atoms with Crippen LogP contribution in [-0.2, 0) is 0 Å². The van der Waals surface area contributed by atoms with E-state index >= 15 is 0 Å². The summed E-state index contributed by atoms with van der Waals surface area (Å²) in [5.74, 6) is 0. The molecular formula is C6H7B3F12K-3. The summed E-state index contributed by atoms with van der Waals surface area (Å²) in [6.07, 6.45) is 0. The van der Waals surface area contributed by atoms with Crippen LogP contribution >= 0.6 is 0 Å². The molecule has 0 unspecified atom stereocenters. The van der Waals surface area contributed by atoms with Crippen LogP contribution < -0.4 is 0 Å². The predicted molar refractivity (Wildman–Crippen MR) is 64.1 cm³/mol. The first-order chi connectivity index (χ1) is 9.00. The summed E-state index contributed by atoms with van der Waals surface area (Å²) >= 11 is 0. The van der Waals surface area contributed by atoms with Crippen LogP contribution in [0.3, 0.4) is 0 Å². The van der Waals surface area contributed by atoms with Gasteiger partial charge in [0.15, 0.2) is 0 Å². The summed E-state index contributed by atoms with van der Waals surface area (Å²) < 4.78 is 117. The van der Waals surface area contributed by atoms with Gasteiger partial charge < -0.3 is 51.8 Å². The predicted octanol–water partition coefficient (Wildman–Crippen LogP) is 4.94. The third-order valence-electron chi connectivity index (χ3n) is 0.667. The molecule has 0 amide bonds. The Hall–Kier alpha value is 0.211. The summed E-state index contributed by atoms with van der Waals surface area (Å²) in [5, 5.41) is 0. The van der Waals surface area contributed by atoms with Crippen molar-refractivity contribution >= 4 is 73.1 Å². The van der Waals surface area contributed by atoms with Crippen LogP contribution in [0.4, 0.5) is 51.8 Å². The molecule has 0 atom stereocenters. The maximum atomic E-state index is 9.75. The van der Waals surface area contributed by atoms with E-state index in [2.05, 4.69) is 0 Å². The zero-order valence-corrected chi connectivity index (χ0v) is 9.73. The molecule has 1 rings (SSSR count). The average molecular weight is 379 g/mol. The van der Waals surface area contributed by atoms with Gasteiger partial charge >= 0.3 is 73.1 Å². The summed E-state index contributed by atoms with van der Waals surface area (Å²) in [7, 11) is -18.0. The second-order valence-electron chi connectivity index (χ2n) is 2.64. The van der Waals surface area contributed by atoms with E-state index < -0.39 is 21.8 Å². The van der Waals surface area contributed by atoms with Gasteiger partial charge in [-0.2, -0.15) is 0 Å². The van der Waals surface area contributed by atoms with Crippen molar-refractivity contribution in [3.05, 3.63) is 36.4 Å². The van der Waals surface area contributed by atoms with E-state index in [1.54, 1.807) is 0 Å². The Morgan fingerprint density at radius 1 is 0.318 bits per heavy atom. The van der Waals surface area contributed by atoms with Gasteiger partial charge in [0.05, 0.1) is 0 Å². The SMILES string of the molecule is F[B-](F)(F)F.F[B-](F)(F)F.F[B-](F)(F)F.[KH].c1ccccc1. The van der Waals surface area contributed by atoms with Gasteiger partial charge in [0, 0.05) is 0 Å². The largest absolute Gasteiger partial charge is 0.0623 e. The number of hydrogen-bond donors (Lipinski definition) is 0. The Morgan fingerprint density at radius 2 is 0.364 bits per heavy atom. The first-order valence-corrected chi connectivity index (χ1v) is 4.62. The van der Waals surface area contributed by atoms with Crippen molar-refractivity contribution < 1.29 is 51.8 Å². The smallest absolute Gasteiger partial charge is 0.0623 e. The molecule has 0 fully saturated rings. The molecule has 0 radical (unpaired) electrons. The second-order valence-corrected chi connectivity index (χ2v) is 2.64. The zero-order valence-electron chi connectivity index (χ0n) is 9.73. The van der Waals surface area contributed by atoms with Crippen LogP contribution in [0.5, 0.6) is 0 Å². The van der Waals surface area contributed by atoms with Crippen LogP contribution in [0.25, 0.3) is 0 Å². The molecule has 0 aliphatic rings. The monoisotopic (exact) mass is 379 g/mol. The van der Waals surface area contributed by atoms with Crippen molar-refractivity contribution in [2.24, 2.45) is 0 Å². The molecule has 0 nitrogen and oxygen atoms in total. The van der Waals surface area contributed by atoms with Gasteiger partial charge in [-0.05, 0) is 0 Å². The van der Waals surface area contributed by atoms with E-state index in [-0.39, 0.29) is 51.4 Å². The van der Waals surface area contributed by atoms with Crippen LogP contribution in [0.1, 0.15) is 0 Å². The topological polar surface area (TPSA) is 0 Å². The Kier molecular flexibility index (Phi) is 20.2. The Morgan fingerprint density at radius 3 is 0.409 bits per heavy atom. The van der Waals surface area contributed by atoms with Crippen LogP contribution in [0.15, 0.2) is 36.4 Å². The Bertz CT molecular complexity index is 249. The molecule has 128 valence electrons. The minimum atomic E-state index is -6.00. The molecule has 1 aromatic carbocycles. The van der Waals surface area contributed by atoms with Crippen molar-refractivity contribution in [1.82, 2.24) is 0 Å². The van der Waals surface area contributed by atoms with E-state index in [1.807, 2.05) is 36.4 Å². The average Bonchev–Trinajstić information content (AvgIpc) is 2.12. The van der Waals surface area contributed by atoms with Gasteiger partial charge in [-0.3, -0.25) is 0 Å². The van der Waals surface area contributed by atoms with Gasteiger partial charge in [0.25, 0.3) is 0 Å². The number of benzene rings is 1. The second kappa shape index (κ2) is 14.8. The fourth-order valence-corrected chi connectivity index (χ4v) is 0.385. The molecule has 0 aromatic heterocycles. The molecule has 1 aromatic rings. The molecule has 0 bridgehead atoms. The Labute approximate surface area is 160 Å². The van der Waals surface area contributed by atoms with Gasteiger partial charge in [-0.15, -0.1) is 0 Å². The molecule has 0 saturated carbocycles. The summed E-state index contributed by atoms with van der Waals surface area (Å²) in [4.78, 5) is 0. The molecule has 0 aliphatic heterocycles. The molecule has 0 N–H and O–H groups in total. The van der Waals surface area contributed by atoms with Crippen molar-refractivity contribution in [2.45, 2.75) is 0 Å². The van der Waals surface area contributed by atoms with Crippen LogP contribution in [0.2, 0.25) is 0 Å². The zero-order chi connectivity index (χ0) is 17.7. The van der Waals surface area contributed by atoms with E-state index in [1.165, 1.54) is 0 Å². The fourth-order valence-electron chi connectivity index (χ4n) is 0.385. The van der Waals surface area contributed by atoms with Gasteiger partial charge in [-0.25, -0.2) is 0 Å². The first kappa shape index (κ1) is 30.1. The van der Waals surface area contributed by atoms with Crippen molar-refractivity contribution in [3.63, 3.8) is 0 Å². The van der Waals surface area contributed by atoms with E-state index in [0.29, 0.717) is 0 Å². The number of halogens is 12. The van der Waals surface area contributed by atoms with Gasteiger partial charge in [0.1, 0.15) is 0 Å². The fraction of sp³-hybridized carbons (Fsp3) is 0. The van der Waals surface area contributed by atoms with Crippen molar-refractivity contribution in [2.75, 3.05) is 0 Å². The van der Waals surface area contributed by atoms with E-state index in [0.717, 1.165) is 0 Å². The summed E-state index contributed by atoms with van der Waals surface area (Å²) in [6, 6.07) is 12.0.